The molecular formula is C30H47NO9. The van der Waals surface area contributed by atoms with E-state index in [1.165, 1.54) is 12.1 Å². The van der Waals surface area contributed by atoms with Crippen molar-refractivity contribution in [2.45, 2.75) is 87.3 Å². The van der Waals surface area contributed by atoms with Gasteiger partial charge in [-0.05, 0) is 48.8 Å². The average molecular weight is 566 g/mol. The maximum absolute atomic E-state index is 12.7. The zero-order valence-electron chi connectivity index (χ0n) is 25.4. The van der Waals surface area contributed by atoms with Crippen molar-refractivity contribution in [1.29, 1.82) is 0 Å². The van der Waals surface area contributed by atoms with Gasteiger partial charge in [-0.3, -0.25) is 14.4 Å². The highest BCUT2D eigenvalue weighted by Gasteiger charge is 2.25. The number of esters is 3. The molecule has 1 aromatic carbocycles. The fraction of sp³-hybridized carbons (Fsp3) is 0.667. The van der Waals surface area contributed by atoms with Gasteiger partial charge in [0.15, 0.2) is 11.5 Å². The summed E-state index contributed by atoms with van der Waals surface area (Å²) in [7, 11) is 0. The molecule has 0 fully saturated rings. The first kappa shape index (κ1) is 34.9. The number of nitrogens with two attached hydrogens (primary N) is 1. The average Bonchev–Trinajstić information content (AvgIpc) is 2.90. The zero-order chi connectivity index (χ0) is 30.6. The summed E-state index contributed by atoms with van der Waals surface area (Å²) in [6.45, 7) is 16.7. The molecule has 5 atom stereocenters. The highest BCUT2D eigenvalue weighted by Crippen LogP contribution is 2.31. The van der Waals surface area contributed by atoms with Crippen LogP contribution in [0, 0.1) is 29.6 Å². The summed E-state index contributed by atoms with van der Waals surface area (Å²) in [4.78, 5) is 49.5. The molecule has 10 nitrogen and oxygen atoms in total. The van der Waals surface area contributed by atoms with Crippen molar-refractivity contribution in [2.24, 2.45) is 35.3 Å². The molecule has 0 amide bonds. The quantitative estimate of drug-likeness (QED) is 0.226. The molecule has 40 heavy (non-hydrogen) atoms. The molecular weight excluding hydrogens is 518 g/mol. The minimum absolute atomic E-state index is 0.0403. The van der Waals surface area contributed by atoms with Crippen LogP contribution in [0.25, 0.3) is 0 Å². The monoisotopic (exact) mass is 565 g/mol. The highest BCUT2D eigenvalue weighted by molar-refractivity contribution is 5.79. The summed E-state index contributed by atoms with van der Waals surface area (Å²) in [5.41, 5.74) is 6.65. The second-order valence-corrected chi connectivity index (χ2v) is 11.1. The molecule has 10 heteroatoms. The summed E-state index contributed by atoms with van der Waals surface area (Å²) in [6.07, 6.45) is -0.645. The van der Waals surface area contributed by atoms with Crippen LogP contribution in [0.15, 0.2) is 18.2 Å². The number of hydrogen-bond acceptors (Lipinski definition) is 10. The van der Waals surface area contributed by atoms with E-state index in [9.17, 15) is 19.2 Å². The fourth-order valence-electron chi connectivity index (χ4n) is 3.00. The van der Waals surface area contributed by atoms with Crippen LogP contribution in [0.5, 0.6) is 11.5 Å². The van der Waals surface area contributed by atoms with E-state index >= 15 is 0 Å². The Hall–Kier alpha value is -3.14. The first-order valence-electron chi connectivity index (χ1n) is 14.0. The number of rotatable bonds is 15. The van der Waals surface area contributed by atoms with Crippen molar-refractivity contribution in [3.8, 4) is 11.5 Å². The van der Waals surface area contributed by atoms with E-state index in [0.717, 1.165) is 6.42 Å². The number of carbonyl (C=O) groups is 4. The Morgan fingerprint density at radius 1 is 0.750 bits per heavy atom. The lowest BCUT2D eigenvalue weighted by Gasteiger charge is -2.20. The summed E-state index contributed by atoms with van der Waals surface area (Å²) in [5, 5.41) is 0. The first-order valence-corrected chi connectivity index (χ1v) is 14.0. The van der Waals surface area contributed by atoms with Gasteiger partial charge in [0.1, 0.15) is 18.8 Å². The lowest BCUT2D eigenvalue weighted by molar-refractivity contribution is -0.152. The Kier molecular flexibility index (Phi) is 14.7. The van der Waals surface area contributed by atoms with E-state index in [4.69, 9.17) is 29.4 Å². The van der Waals surface area contributed by atoms with Crippen LogP contribution < -0.4 is 15.2 Å². The zero-order valence-corrected chi connectivity index (χ0v) is 25.4. The van der Waals surface area contributed by atoms with Crippen LogP contribution in [-0.2, 0) is 35.0 Å². The molecule has 2 N–H and O–H groups in total. The van der Waals surface area contributed by atoms with Gasteiger partial charge in [0.25, 0.3) is 0 Å². The largest absolute Gasteiger partial charge is 0.508 e. The maximum atomic E-state index is 12.7. The third-order valence-corrected chi connectivity index (χ3v) is 6.87. The Labute approximate surface area is 238 Å². The fourth-order valence-corrected chi connectivity index (χ4v) is 3.00. The van der Waals surface area contributed by atoms with Crippen LogP contribution >= 0.6 is 0 Å². The van der Waals surface area contributed by atoms with Crippen molar-refractivity contribution < 1.29 is 42.9 Å². The molecule has 1 aromatic rings. The van der Waals surface area contributed by atoms with E-state index < -0.39 is 42.1 Å². The lowest BCUT2D eigenvalue weighted by atomic mass is 9.98. The molecule has 0 saturated heterocycles. The highest BCUT2D eigenvalue weighted by atomic mass is 16.7. The topological polar surface area (TPSA) is 140 Å². The van der Waals surface area contributed by atoms with Gasteiger partial charge < -0.3 is 29.4 Å². The van der Waals surface area contributed by atoms with Gasteiger partial charge in [-0.25, -0.2) is 4.79 Å². The SMILES string of the molecule is CCC(C)COC(=O)OC[C@H](C)OC(=O)[C@@H](N)Cc1ccc(OC(=O)C(C)C(C)C)c(OC(=O)C(C)C(C)C)c1. The van der Waals surface area contributed by atoms with Crippen LogP contribution in [0.1, 0.15) is 74.3 Å². The van der Waals surface area contributed by atoms with Crippen LogP contribution in [0.3, 0.4) is 0 Å². The molecule has 0 radical (unpaired) electrons. The van der Waals surface area contributed by atoms with Gasteiger partial charge in [0.05, 0.1) is 18.4 Å². The molecule has 0 bridgehead atoms. The lowest BCUT2D eigenvalue weighted by Crippen LogP contribution is -2.37. The number of hydrogen-bond donors (Lipinski definition) is 1. The molecule has 0 aliphatic heterocycles. The molecule has 0 spiro atoms. The van der Waals surface area contributed by atoms with Crippen LogP contribution in [0.4, 0.5) is 4.79 Å². The molecule has 0 aliphatic carbocycles. The third-order valence-electron chi connectivity index (χ3n) is 6.87. The molecule has 0 heterocycles. The van der Waals surface area contributed by atoms with Crippen molar-refractivity contribution in [1.82, 2.24) is 0 Å². The molecule has 3 unspecified atom stereocenters. The number of benzene rings is 1. The van der Waals surface area contributed by atoms with Gasteiger partial charge in [-0.2, -0.15) is 0 Å². The van der Waals surface area contributed by atoms with Gasteiger partial charge in [0, 0.05) is 0 Å². The van der Waals surface area contributed by atoms with Gasteiger partial charge in [-0.1, -0.05) is 67.9 Å². The minimum Gasteiger partial charge on any atom is -0.458 e. The Morgan fingerprint density at radius 3 is 1.80 bits per heavy atom. The summed E-state index contributed by atoms with van der Waals surface area (Å²) in [6, 6.07) is 3.63. The first-order chi connectivity index (χ1) is 18.7. The van der Waals surface area contributed by atoms with Crippen molar-refractivity contribution >= 4 is 24.1 Å². The van der Waals surface area contributed by atoms with E-state index in [1.54, 1.807) is 26.8 Å². The maximum Gasteiger partial charge on any atom is 0.508 e. The van der Waals surface area contributed by atoms with Gasteiger partial charge in [-0.15, -0.1) is 0 Å². The normalized spacial score (nSPS) is 15.0. The van der Waals surface area contributed by atoms with Crippen LogP contribution in [0.2, 0.25) is 0 Å². The Morgan fingerprint density at radius 2 is 1.27 bits per heavy atom. The summed E-state index contributed by atoms with van der Waals surface area (Å²) < 4.78 is 26.5. The smallest absolute Gasteiger partial charge is 0.458 e. The van der Waals surface area contributed by atoms with Gasteiger partial charge in [0.2, 0.25) is 0 Å². The third kappa shape index (κ3) is 11.9. The molecule has 1 rings (SSSR count). The predicted molar refractivity (Wildman–Crippen MR) is 150 cm³/mol. The second kappa shape index (κ2) is 16.8. The van der Waals surface area contributed by atoms with Crippen molar-refractivity contribution in [3.63, 3.8) is 0 Å². The standard InChI is InChI=1S/C30H47NO9/c1-10-19(6)15-36-30(35)37-16-20(7)38-29(34)24(31)13-23-11-12-25(39-27(32)21(8)17(2)3)26(14-23)40-28(33)22(9)18(4)5/h11-12,14,17-22,24H,10,13,15-16,31H2,1-9H3/t19?,20-,21?,22?,24-/m0/s1. The summed E-state index contributed by atoms with van der Waals surface area (Å²) >= 11 is 0. The second-order valence-electron chi connectivity index (χ2n) is 11.1. The number of ether oxygens (including phenoxy) is 5. The van der Waals surface area contributed by atoms with Crippen molar-refractivity contribution in [2.75, 3.05) is 13.2 Å². The number of carbonyl (C=O) groups excluding carboxylic acids is 4. The van der Waals surface area contributed by atoms with Crippen LogP contribution in [-0.4, -0.2) is 49.4 Å². The molecule has 226 valence electrons. The molecule has 0 aliphatic rings. The Balaban J connectivity index is 2.90. The molecule has 0 saturated carbocycles. The van der Waals surface area contributed by atoms with E-state index in [0.29, 0.717) is 5.56 Å². The summed E-state index contributed by atoms with van der Waals surface area (Å²) in [5.74, 6) is -1.89. The molecule has 0 aromatic heterocycles. The van der Waals surface area contributed by atoms with E-state index in [1.807, 2.05) is 41.5 Å². The van der Waals surface area contributed by atoms with E-state index in [-0.39, 0.29) is 54.8 Å². The Bertz CT molecular complexity index is 991. The predicted octanol–water partition coefficient (Wildman–Crippen LogP) is 5.08. The van der Waals surface area contributed by atoms with Crippen molar-refractivity contribution in [3.05, 3.63) is 23.8 Å². The minimum atomic E-state index is -1.05. The van der Waals surface area contributed by atoms with Gasteiger partial charge >= 0.3 is 24.1 Å². The van der Waals surface area contributed by atoms with E-state index in [2.05, 4.69) is 0 Å².